The van der Waals surface area contributed by atoms with Crippen molar-refractivity contribution in [2.24, 2.45) is 11.8 Å². The fraction of sp³-hybridized carbons (Fsp3) is 0.526. The number of rotatable bonds is 4. The third kappa shape index (κ3) is 3.12. The fourth-order valence-corrected chi connectivity index (χ4v) is 4.50. The molecule has 1 N–H and O–H groups in total. The first kappa shape index (κ1) is 16.3. The molecule has 5 rings (SSSR count). The van der Waals surface area contributed by atoms with Crippen LogP contribution in [0.3, 0.4) is 0 Å². The van der Waals surface area contributed by atoms with Gasteiger partial charge in [0.05, 0.1) is 0 Å². The van der Waals surface area contributed by atoms with Crippen molar-refractivity contribution in [3.63, 3.8) is 0 Å². The van der Waals surface area contributed by atoms with Crippen molar-refractivity contribution in [3.8, 4) is 0 Å². The molecule has 26 heavy (non-hydrogen) atoms. The van der Waals surface area contributed by atoms with Gasteiger partial charge in [-0.2, -0.15) is 0 Å². The summed E-state index contributed by atoms with van der Waals surface area (Å²) < 4.78 is 2.04. The van der Waals surface area contributed by atoms with Crippen molar-refractivity contribution in [1.82, 2.24) is 25.0 Å². The molecule has 1 saturated heterocycles. The van der Waals surface area contributed by atoms with Gasteiger partial charge in [-0.15, -0.1) is 10.2 Å². The van der Waals surface area contributed by atoms with Crippen LogP contribution >= 0.6 is 11.6 Å². The molecule has 7 heteroatoms. The number of halogens is 1. The van der Waals surface area contributed by atoms with Crippen LogP contribution in [0.25, 0.3) is 0 Å². The molecule has 1 saturated carbocycles. The minimum absolute atomic E-state index is 0.0709. The summed E-state index contributed by atoms with van der Waals surface area (Å²) in [6.45, 7) is 3.86. The maximum Gasteiger partial charge on any atom is 0.289 e. The Balaban J connectivity index is 1.28. The first-order valence-corrected chi connectivity index (χ1v) is 9.73. The number of carbonyl (C=O) groups is 1. The SMILES string of the molecule is O=C(NC1CC1)c1nnc2n1CC1CN(Cc3cccc(Cl)c3)CC1C2. The lowest BCUT2D eigenvalue weighted by Gasteiger charge is -2.25. The summed E-state index contributed by atoms with van der Waals surface area (Å²) >= 11 is 6.11. The highest BCUT2D eigenvalue weighted by molar-refractivity contribution is 6.30. The minimum atomic E-state index is -0.0709. The van der Waals surface area contributed by atoms with Gasteiger partial charge in [0.2, 0.25) is 5.82 Å². The molecular weight excluding hydrogens is 350 g/mol. The molecule has 136 valence electrons. The monoisotopic (exact) mass is 371 g/mol. The summed E-state index contributed by atoms with van der Waals surface area (Å²) in [4.78, 5) is 14.9. The number of fused-ring (bicyclic) bond motifs is 2. The maximum absolute atomic E-state index is 12.4. The van der Waals surface area contributed by atoms with E-state index < -0.39 is 0 Å². The normalized spacial score (nSPS) is 25.0. The number of aromatic nitrogens is 3. The van der Waals surface area contributed by atoms with E-state index in [0.717, 1.165) is 56.3 Å². The summed E-state index contributed by atoms with van der Waals surface area (Å²) in [7, 11) is 0. The van der Waals surface area contributed by atoms with Gasteiger partial charge >= 0.3 is 0 Å². The zero-order chi connectivity index (χ0) is 17.7. The van der Waals surface area contributed by atoms with E-state index in [9.17, 15) is 4.79 Å². The molecule has 3 aliphatic rings. The molecule has 2 atom stereocenters. The summed E-state index contributed by atoms with van der Waals surface area (Å²) in [5, 5.41) is 12.3. The zero-order valence-corrected chi connectivity index (χ0v) is 15.3. The van der Waals surface area contributed by atoms with Gasteiger partial charge in [0, 0.05) is 43.7 Å². The Kier molecular flexibility index (Phi) is 3.98. The molecule has 2 aromatic rings. The van der Waals surface area contributed by atoms with Crippen molar-refractivity contribution in [2.75, 3.05) is 13.1 Å². The average molecular weight is 372 g/mol. The predicted octanol–water partition coefficient (Wildman–Crippen LogP) is 2.13. The quantitative estimate of drug-likeness (QED) is 0.894. The first-order chi connectivity index (χ1) is 12.7. The van der Waals surface area contributed by atoms with E-state index in [2.05, 4.69) is 26.5 Å². The Bertz CT molecular complexity index is 846. The number of hydrogen-bond acceptors (Lipinski definition) is 4. The predicted molar refractivity (Wildman–Crippen MR) is 97.9 cm³/mol. The van der Waals surface area contributed by atoms with Crippen molar-refractivity contribution in [3.05, 3.63) is 46.5 Å². The molecule has 2 aliphatic heterocycles. The van der Waals surface area contributed by atoms with Crippen molar-refractivity contribution >= 4 is 17.5 Å². The van der Waals surface area contributed by atoms with Crippen molar-refractivity contribution in [2.45, 2.75) is 38.4 Å². The van der Waals surface area contributed by atoms with E-state index in [4.69, 9.17) is 11.6 Å². The number of nitrogens with one attached hydrogen (secondary N) is 1. The van der Waals surface area contributed by atoms with Gasteiger partial charge in [-0.1, -0.05) is 23.7 Å². The lowest BCUT2D eigenvalue weighted by Crippen LogP contribution is -2.33. The highest BCUT2D eigenvalue weighted by Gasteiger charge is 2.39. The second-order valence-electron chi connectivity index (χ2n) is 7.85. The molecule has 1 aromatic heterocycles. The van der Waals surface area contributed by atoms with Crippen LogP contribution in [-0.4, -0.2) is 44.7 Å². The van der Waals surface area contributed by atoms with Crippen LogP contribution in [0, 0.1) is 11.8 Å². The summed E-state index contributed by atoms with van der Waals surface area (Å²) in [6, 6.07) is 8.43. The standard InChI is InChI=1S/C19H22ClN5O/c20-15-3-1-2-12(6-15)8-24-9-13-7-17-22-23-18(19(26)21-16-4-5-16)25(17)11-14(13)10-24/h1-3,6,13-14,16H,4-5,7-11H2,(H,21,26). The van der Waals surface area contributed by atoms with E-state index in [1.54, 1.807) is 0 Å². The van der Waals surface area contributed by atoms with Gasteiger partial charge in [-0.05, 0) is 42.4 Å². The molecule has 0 bridgehead atoms. The molecule has 1 aliphatic carbocycles. The van der Waals surface area contributed by atoms with Crippen LogP contribution < -0.4 is 5.32 Å². The van der Waals surface area contributed by atoms with Crippen LogP contribution in [-0.2, 0) is 19.5 Å². The third-order valence-electron chi connectivity index (χ3n) is 5.75. The number of likely N-dealkylation sites (tertiary alicyclic amines) is 1. The molecule has 3 heterocycles. The largest absolute Gasteiger partial charge is 0.347 e. The summed E-state index contributed by atoms with van der Waals surface area (Å²) in [5.41, 5.74) is 1.25. The van der Waals surface area contributed by atoms with E-state index in [1.807, 2.05) is 22.8 Å². The van der Waals surface area contributed by atoms with Gasteiger partial charge in [0.25, 0.3) is 5.91 Å². The number of nitrogens with zero attached hydrogens (tertiary/aromatic N) is 4. The van der Waals surface area contributed by atoms with E-state index in [-0.39, 0.29) is 5.91 Å². The van der Waals surface area contributed by atoms with E-state index >= 15 is 0 Å². The second kappa shape index (κ2) is 6.35. The summed E-state index contributed by atoms with van der Waals surface area (Å²) in [6.07, 6.45) is 3.06. The van der Waals surface area contributed by atoms with Crippen LogP contribution in [0.4, 0.5) is 0 Å². The Hall–Kier alpha value is -1.92. The van der Waals surface area contributed by atoms with Crippen LogP contribution in [0.15, 0.2) is 24.3 Å². The molecular formula is C19H22ClN5O. The van der Waals surface area contributed by atoms with Gasteiger partial charge in [-0.3, -0.25) is 9.69 Å². The lowest BCUT2D eigenvalue weighted by molar-refractivity contribution is 0.0932. The Morgan fingerprint density at radius 2 is 2.04 bits per heavy atom. The lowest BCUT2D eigenvalue weighted by atomic mass is 9.89. The maximum atomic E-state index is 12.4. The van der Waals surface area contributed by atoms with Gasteiger partial charge in [0.1, 0.15) is 5.82 Å². The average Bonchev–Trinajstić information content (AvgIpc) is 3.19. The Morgan fingerprint density at radius 3 is 2.85 bits per heavy atom. The molecule has 2 unspecified atom stereocenters. The molecule has 0 spiro atoms. The number of hydrogen-bond donors (Lipinski definition) is 1. The molecule has 1 aromatic carbocycles. The van der Waals surface area contributed by atoms with Crippen molar-refractivity contribution in [1.29, 1.82) is 0 Å². The number of benzene rings is 1. The highest BCUT2D eigenvalue weighted by atomic mass is 35.5. The molecule has 1 amide bonds. The topological polar surface area (TPSA) is 63.1 Å². The van der Waals surface area contributed by atoms with Crippen LogP contribution in [0.1, 0.15) is 34.8 Å². The fourth-order valence-electron chi connectivity index (χ4n) is 4.29. The van der Waals surface area contributed by atoms with Crippen molar-refractivity contribution < 1.29 is 4.79 Å². The van der Waals surface area contributed by atoms with Gasteiger partial charge < -0.3 is 9.88 Å². The van der Waals surface area contributed by atoms with Crippen LogP contribution in [0.5, 0.6) is 0 Å². The van der Waals surface area contributed by atoms with Gasteiger partial charge in [-0.25, -0.2) is 0 Å². The first-order valence-electron chi connectivity index (χ1n) is 9.35. The molecule has 0 radical (unpaired) electrons. The van der Waals surface area contributed by atoms with E-state index in [1.165, 1.54) is 5.56 Å². The Labute approximate surface area is 157 Å². The second-order valence-corrected chi connectivity index (χ2v) is 8.28. The molecule has 6 nitrogen and oxygen atoms in total. The van der Waals surface area contributed by atoms with E-state index in [0.29, 0.717) is 23.7 Å². The Morgan fingerprint density at radius 1 is 1.19 bits per heavy atom. The molecule has 2 fully saturated rings. The number of amides is 1. The highest BCUT2D eigenvalue weighted by Crippen LogP contribution is 2.33. The summed E-state index contributed by atoms with van der Waals surface area (Å²) in [5.74, 6) is 2.50. The third-order valence-corrected chi connectivity index (χ3v) is 5.99. The smallest absolute Gasteiger partial charge is 0.289 e. The van der Waals surface area contributed by atoms with Gasteiger partial charge in [0.15, 0.2) is 0 Å². The van der Waals surface area contributed by atoms with Crippen LogP contribution in [0.2, 0.25) is 5.02 Å². The minimum Gasteiger partial charge on any atom is -0.347 e. The number of carbonyl (C=O) groups excluding carboxylic acids is 1. The zero-order valence-electron chi connectivity index (χ0n) is 14.6.